The number of amides is 2. The Bertz CT molecular complexity index is 1250. The lowest BCUT2D eigenvalue weighted by atomic mass is 9.98. The molecule has 8 heteroatoms. The number of carbonyl (C=O) groups excluding carboxylic acids is 2. The van der Waals surface area contributed by atoms with E-state index in [9.17, 15) is 14.7 Å². The molecule has 4 rings (SSSR count). The molecular formula is C29H33N3O5. The summed E-state index contributed by atoms with van der Waals surface area (Å²) in [7, 11) is 3.33. The molecule has 1 aliphatic heterocycles. The van der Waals surface area contributed by atoms with E-state index in [0.29, 0.717) is 35.5 Å². The van der Waals surface area contributed by atoms with Gasteiger partial charge >= 0.3 is 0 Å². The lowest BCUT2D eigenvalue weighted by Crippen LogP contribution is -2.50. The van der Waals surface area contributed by atoms with Crippen LogP contribution in [0.4, 0.5) is 0 Å². The van der Waals surface area contributed by atoms with Crippen molar-refractivity contribution >= 4 is 11.8 Å². The van der Waals surface area contributed by atoms with Gasteiger partial charge in [-0.25, -0.2) is 4.98 Å². The van der Waals surface area contributed by atoms with Gasteiger partial charge in [0.2, 0.25) is 5.88 Å². The fourth-order valence-corrected chi connectivity index (χ4v) is 4.50. The van der Waals surface area contributed by atoms with Gasteiger partial charge in [-0.1, -0.05) is 43.3 Å². The van der Waals surface area contributed by atoms with Crippen molar-refractivity contribution in [1.29, 1.82) is 0 Å². The zero-order valence-electron chi connectivity index (χ0n) is 21.6. The van der Waals surface area contributed by atoms with Crippen molar-refractivity contribution in [3.05, 3.63) is 78.0 Å². The summed E-state index contributed by atoms with van der Waals surface area (Å²) in [4.78, 5) is 34.5. The van der Waals surface area contributed by atoms with Crippen LogP contribution in [0.2, 0.25) is 0 Å². The quantitative estimate of drug-likeness (QED) is 0.528. The normalized spacial score (nSPS) is 18.2. The van der Waals surface area contributed by atoms with E-state index >= 15 is 0 Å². The van der Waals surface area contributed by atoms with Crippen LogP contribution in [0.25, 0.3) is 11.1 Å². The van der Waals surface area contributed by atoms with Gasteiger partial charge in [0, 0.05) is 42.4 Å². The van der Waals surface area contributed by atoms with Gasteiger partial charge in [-0.15, -0.1) is 0 Å². The van der Waals surface area contributed by atoms with Crippen molar-refractivity contribution in [3.8, 4) is 22.8 Å². The molecule has 0 saturated heterocycles. The number of para-hydroxylation sites is 1. The zero-order chi connectivity index (χ0) is 26.5. The van der Waals surface area contributed by atoms with E-state index in [1.54, 1.807) is 48.4 Å². The highest BCUT2D eigenvalue weighted by atomic mass is 16.5. The molecule has 8 nitrogen and oxygen atoms in total. The molecule has 2 amide bonds. The van der Waals surface area contributed by atoms with Crippen molar-refractivity contribution in [2.75, 3.05) is 33.9 Å². The number of aliphatic hydroxyl groups is 1. The van der Waals surface area contributed by atoms with Gasteiger partial charge in [-0.2, -0.15) is 0 Å². The number of hydrogen-bond acceptors (Lipinski definition) is 6. The molecule has 2 heterocycles. The van der Waals surface area contributed by atoms with Gasteiger partial charge in [0.15, 0.2) is 0 Å². The number of hydrogen-bond donors (Lipinski definition) is 1. The molecule has 0 fully saturated rings. The van der Waals surface area contributed by atoms with Gasteiger partial charge in [-0.05, 0) is 31.2 Å². The molecule has 0 aliphatic carbocycles. The standard InChI is InChI=1S/C29H33N3O5/c1-19-16-32(20(2)18-33)29(35)24-14-22(23-12-8-9-13-25(23)36-4)15-30-27(24)37-26(19)17-31(3)28(34)21-10-6-5-7-11-21/h5-15,19-20,26,33H,16-18H2,1-4H3/t19-,20+,26-/m1/s1. The monoisotopic (exact) mass is 503 g/mol. The molecule has 2 aromatic carbocycles. The number of carbonyl (C=O) groups is 2. The van der Waals surface area contributed by atoms with Crippen LogP contribution in [0.5, 0.6) is 11.6 Å². The SMILES string of the molecule is COc1ccccc1-c1cnc2c(c1)C(=O)N([C@@H](C)CO)C[C@@H](C)[C@@H](CN(C)C(=O)c1ccccc1)O2. The molecular weight excluding hydrogens is 470 g/mol. The maximum atomic E-state index is 13.7. The Morgan fingerprint density at radius 2 is 1.89 bits per heavy atom. The molecule has 0 radical (unpaired) electrons. The minimum Gasteiger partial charge on any atom is -0.496 e. The first-order valence-electron chi connectivity index (χ1n) is 12.4. The number of likely N-dealkylation sites (N-methyl/N-ethyl adjacent to an activating group) is 1. The number of aliphatic hydroxyl groups excluding tert-OH is 1. The van der Waals surface area contributed by atoms with Crippen LogP contribution in [0, 0.1) is 5.92 Å². The average molecular weight is 504 g/mol. The average Bonchev–Trinajstić information content (AvgIpc) is 2.94. The largest absolute Gasteiger partial charge is 0.496 e. The number of ether oxygens (including phenoxy) is 2. The molecule has 0 unspecified atom stereocenters. The first-order valence-corrected chi connectivity index (χ1v) is 12.4. The van der Waals surface area contributed by atoms with Crippen LogP contribution in [0.15, 0.2) is 66.9 Å². The third kappa shape index (κ3) is 5.59. The van der Waals surface area contributed by atoms with Crippen LogP contribution < -0.4 is 9.47 Å². The van der Waals surface area contributed by atoms with E-state index in [0.717, 1.165) is 5.56 Å². The smallest absolute Gasteiger partial charge is 0.259 e. The summed E-state index contributed by atoms with van der Waals surface area (Å²) < 4.78 is 11.8. The van der Waals surface area contributed by atoms with Crippen LogP contribution in [-0.2, 0) is 0 Å². The Labute approximate surface area is 217 Å². The van der Waals surface area contributed by atoms with E-state index in [2.05, 4.69) is 4.98 Å². The number of fused-ring (bicyclic) bond motifs is 1. The van der Waals surface area contributed by atoms with Crippen LogP contribution in [0.1, 0.15) is 34.6 Å². The summed E-state index contributed by atoms with van der Waals surface area (Å²) in [5, 5.41) is 9.90. The molecule has 1 aromatic heterocycles. The number of rotatable bonds is 7. The highest BCUT2D eigenvalue weighted by Gasteiger charge is 2.35. The van der Waals surface area contributed by atoms with E-state index in [1.165, 1.54) is 0 Å². The van der Waals surface area contributed by atoms with Crippen LogP contribution >= 0.6 is 0 Å². The van der Waals surface area contributed by atoms with Crippen LogP contribution in [-0.4, -0.2) is 77.7 Å². The number of benzene rings is 2. The van der Waals surface area contributed by atoms with E-state index in [4.69, 9.17) is 9.47 Å². The molecule has 194 valence electrons. The first kappa shape index (κ1) is 26.2. The van der Waals surface area contributed by atoms with Crippen LogP contribution in [0.3, 0.4) is 0 Å². The fraction of sp³-hybridized carbons (Fsp3) is 0.345. The molecule has 3 aromatic rings. The van der Waals surface area contributed by atoms with Gasteiger partial charge in [0.25, 0.3) is 11.8 Å². The van der Waals surface area contributed by atoms with Gasteiger partial charge in [0.1, 0.15) is 17.4 Å². The molecule has 1 aliphatic rings. The summed E-state index contributed by atoms with van der Waals surface area (Å²) in [6, 6.07) is 18.0. The lowest BCUT2D eigenvalue weighted by molar-refractivity contribution is 0.0313. The number of methoxy groups -OCH3 is 1. The van der Waals surface area contributed by atoms with Gasteiger partial charge in [-0.3, -0.25) is 9.59 Å². The summed E-state index contributed by atoms with van der Waals surface area (Å²) in [6.45, 7) is 4.27. The number of nitrogens with zero attached hydrogens (tertiary/aromatic N) is 3. The van der Waals surface area contributed by atoms with Crippen molar-refractivity contribution in [3.63, 3.8) is 0 Å². The van der Waals surface area contributed by atoms with Gasteiger partial charge < -0.3 is 24.4 Å². The Morgan fingerprint density at radius 3 is 2.59 bits per heavy atom. The first-order chi connectivity index (χ1) is 17.8. The minimum absolute atomic E-state index is 0.116. The van der Waals surface area contributed by atoms with Crippen molar-refractivity contribution in [1.82, 2.24) is 14.8 Å². The number of pyridine rings is 1. The second-order valence-corrected chi connectivity index (χ2v) is 9.45. The highest BCUT2D eigenvalue weighted by Crippen LogP contribution is 2.34. The maximum absolute atomic E-state index is 13.7. The van der Waals surface area contributed by atoms with Crippen molar-refractivity contribution in [2.45, 2.75) is 26.0 Å². The van der Waals surface area contributed by atoms with E-state index < -0.39 is 12.1 Å². The molecule has 0 spiro atoms. The second-order valence-electron chi connectivity index (χ2n) is 9.45. The van der Waals surface area contributed by atoms with E-state index in [-0.39, 0.29) is 30.2 Å². The molecule has 1 N–H and O–H groups in total. The molecule has 0 bridgehead atoms. The predicted molar refractivity (Wildman–Crippen MR) is 141 cm³/mol. The third-order valence-electron chi connectivity index (χ3n) is 6.76. The summed E-state index contributed by atoms with van der Waals surface area (Å²) >= 11 is 0. The number of aromatic nitrogens is 1. The van der Waals surface area contributed by atoms with Gasteiger partial charge in [0.05, 0.1) is 26.3 Å². The predicted octanol–water partition coefficient (Wildman–Crippen LogP) is 3.75. The summed E-state index contributed by atoms with van der Waals surface area (Å²) in [5.74, 6) is 0.356. The zero-order valence-corrected chi connectivity index (χ0v) is 21.6. The third-order valence-corrected chi connectivity index (χ3v) is 6.76. The minimum atomic E-state index is -0.428. The Hall–Kier alpha value is -3.91. The van der Waals surface area contributed by atoms with Crippen molar-refractivity contribution in [2.24, 2.45) is 5.92 Å². The fourth-order valence-electron chi connectivity index (χ4n) is 4.50. The van der Waals surface area contributed by atoms with Crippen molar-refractivity contribution < 1.29 is 24.2 Å². The molecule has 3 atom stereocenters. The molecule has 0 saturated carbocycles. The Balaban J connectivity index is 1.71. The topological polar surface area (TPSA) is 92.2 Å². The summed E-state index contributed by atoms with van der Waals surface area (Å²) in [6.07, 6.45) is 1.23. The van der Waals surface area contributed by atoms with E-state index in [1.807, 2.05) is 56.3 Å². The summed E-state index contributed by atoms with van der Waals surface area (Å²) in [5.41, 5.74) is 2.41. The molecule has 37 heavy (non-hydrogen) atoms. The Kier molecular flexibility index (Phi) is 8.08. The Morgan fingerprint density at radius 1 is 1.19 bits per heavy atom. The lowest BCUT2D eigenvalue weighted by Gasteiger charge is -2.37. The maximum Gasteiger partial charge on any atom is 0.259 e. The highest BCUT2D eigenvalue weighted by molar-refractivity contribution is 5.98. The second kappa shape index (κ2) is 11.4.